The molecular weight excluding hydrogens is 240 g/mol. The molecule has 6 N–H and O–H groups in total. The highest BCUT2D eigenvalue weighted by atomic mass is 16.2. The van der Waals surface area contributed by atoms with E-state index in [1.54, 1.807) is 0 Å². The zero-order valence-corrected chi connectivity index (χ0v) is 10.0. The Bertz CT molecular complexity index is 298. The van der Waals surface area contributed by atoms with Crippen LogP contribution in [-0.2, 0) is 19.2 Å². The van der Waals surface area contributed by atoms with E-state index in [-0.39, 0.29) is 50.6 Å². The lowest BCUT2D eigenvalue weighted by Gasteiger charge is -2.06. The van der Waals surface area contributed by atoms with Crippen LogP contribution in [0, 0.1) is 0 Å². The summed E-state index contributed by atoms with van der Waals surface area (Å²) >= 11 is 0. The van der Waals surface area contributed by atoms with Crippen LogP contribution in [0.15, 0.2) is 0 Å². The molecule has 0 saturated heterocycles. The number of carbonyl (C=O) groups is 4. The number of hydrogen-bond donors (Lipinski definition) is 4. The molecule has 0 saturated carbocycles. The second kappa shape index (κ2) is 8.97. The number of carbonyl (C=O) groups excluding carboxylic acids is 4. The smallest absolute Gasteiger partial charge is 0.220 e. The molecule has 18 heavy (non-hydrogen) atoms. The molecule has 0 aromatic rings. The van der Waals surface area contributed by atoms with Crippen LogP contribution in [0.1, 0.15) is 25.7 Å². The van der Waals surface area contributed by atoms with Crippen LogP contribution >= 0.6 is 0 Å². The molecule has 0 heterocycles. The van der Waals surface area contributed by atoms with Gasteiger partial charge in [0, 0.05) is 38.8 Å². The first kappa shape index (κ1) is 15.9. The maximum absolute atomic E-state index is 11.1. The average Bonchev–Trinajstić information content (AvgIpc) is 2.29. The summed E-state index contributed by atoms with van der Waals surface area (Å²) in [6.07, 6.45) is 0.0590. The van der Waals surface area contributed by atoms with Crippen molar-refractivity contribution in [2.24, 2.45) is 11.5 Å². The van der Waals surface area contributed by atoms with Crippen molar-refractivity contribution in [3.8, 4) is 0 Å². The predicted octanol–water partition coefficient (Wildman–Crippen LogP) is -2.25. The molecule has 8 nitrogen and oxygen atoms in total. The van der Waals surface area contributed by atoms with Gasteiger partial charge in [0.1, 0.15) is 0 Å². The molecular formula is C10H18N4O4. The van der Waals surface area contributed by atoms with Crippen molar-refractivity contribution < 1.29 is 19.2 Å². The second-order valence-electron chi connectivity index (χ2n) is 3.63. The average molecular weight is 258 g/mol. The first-order valence-corrected chi connectivity index (χ1v) is 5.52. The highest BCUT2D eigenvalue weighted by Crippen LogP contribution is 1.87. The van der Waals surface area contributed by atoms with Gasteiger partial charge in [-0.2, -0.15) is 0 Å². The van der Waals surface area contributed by atoms with E-state index >= 15 is 0 Å². The summed E-state index contributed by atoms with van der Waals surface area (Å²) in [4.78, 5) is 43.0. The van der Waals surface area contributed by atoms with Crippen molar-refractivity contribution in [2.45, 2.75) is 25.7 Å². The molecule has 0 rings (SSSR count). The summed E-state index contributed by atoms with van der Waals surface area (Å²) in [5.74, 6) is -1.69. The molecule has 0 aliphatic rings. The SMILES string of the molecule is NC(=O)CCC(=O)NCCNC(=O)CCC(N)=O. The number of nitrogens with one attached hydrogen (secondary N) is 2. The first-order chi connectivity index (χ1) is 8.41. The predicted molar refractivity (Wildman–Crippen MR) is 62.9 cm³/mol. The Kier molecular flexibility index (Phi) is 7.91. The molecule has 0 aliphatic heterocycles. The largest absolute Gasteiger partial charge is 0.370 e. The van der Waals surface area contributed by atoms with Crippen molar-refractivity contribution >= 4 is 23.6 Å². The Morgan fingerprint density at radius 3 is 1.28 bits per heavy atom. The van der Waals surface area contributed by atoms with Gasteiger partial charge in [0.25, 0.3) is 0 Å². The van der Waals surface area contributed by atoms with Crippen LogP contribution in [0.2, 0.25) is 0 Å². The van der Waals surface area contributed by atoms with E-state index in [1.165, 1.54) is 0 Å². The number of hydrogen-bond acceptors (Lipinski definition) is 4. The molecule has 4 amide bonds. The van der Waals surface area contributed by atoms with Gasteiger partial charge in [0.05, 0.1) is 0 Å². The molecule has 0 aliphatic carbocycles. The van der Waals surface area contributed by atoms with Crippen molar-refractivity contribution in [3.05, 3.63) is 0 Å². The van der Waals surface area contributed by atoms with Crippen LogP contribution in [-0.4, -0.2) is 36.7 Å². The lowest BCUT2D eigenvalue weighted by atomic mass is 10.3. The van der Waals surface area contributed by atoms with Crippen LogP contribution < -0.4 is 22.1 Å². The van der Waals surface area contributed by atoms with Gasteiger partial charge in [-0.25, -0.2) is 0 Å². The highest BCUT2D eigenvalue weighted by Gasteiger charge is 2.05. The Morgan fingerprint density at radius 2 is 1.00 bits per heavy atom. The lowest BCUT2D eigenvalue weighted by molar-refractivity contribution is -0.125. The minimum absolute atomic E-state index is 0.00317. The third-order valence-electron chi connectivity index (χ3n) is 1.97. The molecule has 0 radical (unpaired) electrons. The molecule has 0 unspecified atom stereocenters. The Morgan fingerprint density at radius 1 is 0.667 bits per heavy atom. The van der Waals surface area contributed by atoms with E-state index in [9.17, 15) is 19.2 Å². The molecule has 102 valence electrons. The van der Waals surface area contributed by atoms with Crippen molar-refractivity contribution in [1.82, 2.24) is 10.6 Å². The van der Waals surface area contributed by atoms with Gasteiger partial charge in [0.15, 0.2) is 0 Å². The van der Waals surface area contributed by atoms with Gasteiger partial charge < -0.3 is 22.1 Å². The number of rotatable bonds is 9. The Labute approximate surface area is 104 Å². The first-order valence-electron chi connectivity index (χ1n) is 5.52. The third kappa shape index (κ3) is 10.4. The van der Waals surface area contributed by atoms with E-state index in [4.69, 9.17) is 11.5 Å². The van der Waals surface area contributed by atoms with Crippen molar-refractivity contribution in [3.63, 3.8) is 0 Å². The van der Waals surface area contributed by atoms with Crippen LogP contribution in [0.5, 0.6) is 0 Å². The Balaban J connectivity index is 3.49. The molecule has 0 atom stereocenters. The van der Waals surface area contributed by atoms with Gasteiger partial charge in [-0.1, -0.05) is 0 Å². The van der Waals surface area contributed by atoms with E-state index in [2.05, 4.69) is 10.6 Å². The summed E-state index contributed by atoms with van der Waals surface area (Å²) in [5, 5.41) is 5.01. The quantitative estimate of drug-likeness (QED) is 0.346. The van der Waals surface area contributed by atoms with Crippen molar-refractivity contribution in [1.29, 1.82) is 0 Å². The normalized spacial score (nSPS) is 9.56. The lowest BCUT2D eigenvalue weighted by Crippen LogP contribution is -2.35. The zero-order valence-electron chi connectivity index (χ0n) is 10.0. The van der Waals surface area contributed by atoms with Crippen LogP contribution in [0.25, 0.3) is 0 Å². The van der Waals surface area contributed by atoms with Gasteiger partial charge in [-0.15, -0.1) is 0 Å². The summed E-state index contributed by atoms with van der Waals surface area (Å²) in [7, 11) is 0. The molecule has 0 bridgehead atoms. The minimum atomic E-state index is -0.537. The maximum Gasteiger partial charge on any atom is 0.220 e. The molecule has 0 fully saturated rings. The minimum Gasteiger partial charge on any atom is -0.370 e. The van der Waals surface area contributed by atoms with E-state index in [0.717, 1.165) is 0 Å². The second-order valence-corrected chi connectivity index (χ2v) is 3.63. The van der Waals surface area contributed by atoms with Crippen LogP contribution in [0.3, 0.4) is 0 Å². The number of nitrogens with two attached hydrogens (primary N) is 2. The van der Waals surface area contributed by atoms with E-state index in [1.807, 2.05) is 0 Å². The zero-order chi connectivity index (χ0) is 14.0. The fourth-order valence-corrected chi connectivity index (χ4v) is 1.05. The highest BCUT2D eigenvalue weighted by molar-refractivity contribution is 5.83. The van der Waals surface area contributed by atoms with Gasteiger partial charge in [-0.05, 0) is 0 Å². The fraction of sp³-hybridized carbons (Fsp3) is 0.600. The van der Waals surface area contributed by atoms with E-state index < -0.39 is 11.8 Å². The third-order valence-corrected chi connectivity index (χ3v) is 1.97. The molecule has 0 aromatic carbocycles. The molecule has 0 spiro atoms. The maximum atomic E-state index is 11.1. The summed E-state index contributed by atoms with van der Waals surface area (Å²) in [5.41, 5.74) is 9.76. The summed E-state index contributed by atoms with van der Waals surface area (Å²) in [6.45, 7) is 0.500. The van der Waals surface area contributed by atoms with Gasteiger partial charge in [0.2, 0.25) is 23.6 Å². The Hall–Kier alpha value is -2.12. The monoisotopic (exact) mass is 258 g/mol. The molecule has 8 heteroatoms. The molecule has 0 aromatic heterocycles. The number of amides is 4. The van der Waals surface area contributed by atoms with Crippen LogP contribution in [0.4, 0.5) is 0 Å². The fourth-order valence-electron chi connectivity index (χ4n) is 1.05. The van der Waals surface area contributed by atoms with Crippen molar-refractivity contribution in [2.75, 3.05) is 13.1 Å². The van der Waals surface area contributed by atoms with E-state index in [0.29, 0.717) is 0 Å². The standard InChI is InChI=1S/C10H18N4O4/c11-7(15)1-3-9(17)13-5-6-14-10(18)4-2-8(12)16/h1-6H2,(H2,11,15)(H2,12,16)(H,13,17)(H,14,18). The summed E-state index contributed by atoms with van der Waals surface area (Å²) in [6, 6.07) is 0. The van der Waals surface area contributed by atoms with Gasteiger partial charge >= 0.3 is 0 Å². The number of primary amides is 2. The summed E-state index contributed by atoms with van der Waals surface area (Å²) < 4.78 is 0. The topological polar surface area (TPSA) is 144 Å². The van der Waals surface area contributed by atoms with Gasteiger partial charge in [-0.3, -0.25) is 19.2 Å².